The summed E-state index contributed by atoms with van der Waals surface area (Å²) in [5, 5.41) is 12.8. The van der Waals surface area contributed by atoms with E-state index < -0.39 is 12.0 Å². The maximum atomic E-state index is 12.1. The van der Waals surface area contributed by atoms with Crippen LogP contribution in [0.5, 0.6) is 0 Å². The molecule has 0 aromatic heterocycles. The molecule has 0 saturated carbocycles. The molecule has 0 heterocycles. The lowest BCUT2D eigenvalue weighted by molar-refractivity contribution is -0.131. The van der Waals surface area contributed by atoms with Gasteiger partial charge in [-0.3, -0.25) is 9.59 Å². The predicted octanol–water partition coefficient (Wildman–Crippen LogP) is 3.12. The van der Waals surface area contributed by atoms with Gasteiger partial charge in [-0.05, 0) is 37.1 Å². The molecule has 0 fully saturated rings. The van der Waals surface area contributed by atoms with Crippen LogP contribution in [0.2, 0.25) is 0 Å². The van der Waals surface area contributed by atoms with Gasteiger partial charge in [-0.15, -0.1) is 0 Å². The van der Waals surface area contributed by atoms with Crippen molar-refractivity contribution < 1.29 is 14.7 Å². The highest BCUT2D eigenvalue weighted by molar-refractivity contribution is 5.94. The molecule has 5 nitrogen and oxygen atoms in total. The minimum absolute atomic E-state index is 0.0263. The molecule has 0 aliphatic heterocycles. The number of rotatable bonds is 6. The summed E-state index contributed by atoms with van der Waals surface area (Å²) in [6.07, 6.45) is -1.21. The molecular weight excluding hydrogens is 316 g/mol. The molecule has 0 radical (unpaired) electrons. The van der Waals surface area contributed by atoms with Gasteiger partial charge in [-0.25, -0.2) is 0 Å². The topological polar surface area (TPSA) is 69.6 Å². The van der Waals surface area contributed by atoms with Gasteiger partial charge < -0.3 is 15.3 Å². The number of nitrogens with one attached hydrogen (secondary N) is 1. The molecule has 25 heavy (non-hydrogen) atoms. The molecular formula is C20H24N2O3. The van der Waals surface area contributed by atoms with E-state index in [2.05, 4.69) is 5.32 Å². The number of benzene rings is 2. The van der Waals surface area contributed by atoms with Gasteiger partial charge in [0.05, 0.1) is 0 Å². The summed E-state index contributed by atoms with van der Waals surface area (Å²) in [7, 11) is 0. The molecule has 0 aliphatic rings. The molecule has 1 unspecified atom stereocenters. The zero-order valence-electron chi connectivity index (χ0n) is 14.8. The maximum absolute atomic E-state index is 12.1. The Bertz CT molecular complexity index is 711. The molecule has 1 atom stereocenters. The summed E-state index contributed by atoms with van der Waals surface area (Å²) in [4.78, 5) is 25.6. The van der Waals surface area contributed by atoms with Gasteiger partial charge in [-0.1, -0.05) is 42.5 Å². The highest BCUT2D eigenvalue weighted by atomic mass is 16.3. The largest absolute Gasteiger partial charge is 0.378 e. The molecule has 2 rings (SSSR count). The first-order chi connectivity index (χ1) is 11.9. The van der Waals surface area contributed by atoms with Crippen molar-refractivity contribution in [3.05, 3.63) is 65.7 Å². The fraction of sp³-hybridized carbons (Fsp3) is 0.300. The summed E-state index contributed by atoms with van der Waals surface area (Å²) < 4.78 is 0. The summed E-state index contributed by atoms with van der Waals surface area (Å²) >= 11 is 0. The third kappa shape index (κ3) is 5.16. The van der Waals surface area contributed by atoms with E-state index in [4.69, 9.17) is 0 Å². The number of nitrogens with zero attached hydrogens (tertiary/aromatic N) is 1. The lowest BCUT2D eigenvalue weighted by atomic mass is 10.1. The molecule has 0 aliphatic carbocycles. The lowest BCUT2D eigenvalue weighted by Gasteiger charge is -2.25. The van der Waals surface area contributed by atoms with Crippen molar-refractivity contribution in [3.8, 4) is 0 Å². The first-order valence-electron chi connectivity index (χ1n) is 8.28. The highest BCUT2D eigenvalue weighted by Gasteiger charge is 2.17. The van der Waals surface area contributed by atoms with Gasteiger partial charge in [-0.2, -0.15) is 0 Å². The van der Waals surface area contributed by atoms with E-state index in [0.717, 1.165) is 5.56 Å². The Hall–Kier alpha value is -2.66. The van der Waals surface area contributed by atoms with Gasteiger partial charge in [0, 0.05) is 25.2 Å². The van der Waals surface area contributed by atoms with Gasteiger partial charge >= 0.3 is 0 Å². The summed E-state index contributed by atoms with van der Waals surface area (Å²) in [6, 6.07) is 16.2. The van der Waals surface area contributed by atoms with Crippen molar-refractivity contribution in [2.24, 2.45) is 0 Å². The number of carbonyl (C=O) groups excluding carboxylic acids is 2. The second-order valence-corrected chi connectivity index (χ2v) is 6.24. The Kier molecular flexibility index (Phi) is 6.31. The van der Waals surface area contributed by atoms with Crippen LogP contribution in [0.15, 0.2) is 54.6 Å². The number of hydrogen-bond donors (Lipinski definition) is 2. The Morgan fingerprint density at radius 3 is 2.16 bits per heavy atom. The van der Waals surface area contributed by atoms with Crippen LogP contribution in [0.1, 0.15) is 38.0 Å². The minimum Gasteiger partial charge on any atom is -0.378 e. The third-order valence-electron chi connectivity index (χ3n) is 3.97. The van der Waals surface area contributed by atoms with Crippen LogP contribution < -0.4 is 5.32 Å². The fourth-order valence-corrected chi connectivity index (χ4v) is 2.55. The second-order valence-electron chi connectivity index (χ2n) is 6.24. The number of amides is 2. The average Bonchev–Trinajstić information content (AvgIpc) is 2.60. The molecule has 0 bridgehead atoms. The van der Waals surface area contributed by atoms with Gasteiger partial charge in [0.1, 0.15) is 0 Å². The van der Waals surface area contributed by atoms with E-state index in [1.807, 2.05) is 32.0 Å². The van der Waals surface area contributed by atoms with Crippen molar-refractivity contribution in [1.29, 1.82) is 0 Å². The molecule has 0 saturated heterocycles. The SMILES string of the molecule is CC(=O)N(Cc1ccc(NC(=O)C(O)c2ccccc2)cc1)C(C)C. The number of hydrogen-bond acceptors (Lipinski definition) is 3. The lowest BCUT2D eigenvalue weighted by Crippen LogP contribution is -2.34. The minimum atomic E-state index is -1.21. The molecule has 0 spiro atoms. The standard InChI is InChI=1S/C20H24N2O3/c1-14(2)22(15(3)23)13-16-9-11-18(12-10-16)21-20(25)19(24)17-7-5-4-6-8-17/h4-12,14,19,24H,13H2,1-3H3,(H,21,25). The van der Waals surface area contributed by atoms with Crippen molar-refractivity contribution >= 4 is 17.5 Å². The molecule has 132 valence electrons. The average molecular weight is 340 g/mol. The van der Waals surface area contributed by atoms with Crippen LogP contribution in [0.3, 0.4) is 0 Å². The Morgan fingerprint density at radius 1 is 1.04 bits per heavy atom. The van der Waals surface area contributed by atoms with E-state index >= 15 is 0 Å². The Labute approximate surface area is 148 Å². The normalized spacial score (nSPS) is 11.9. The second kappa shape index (κ2) is 8.44. The van der Waals surface area contributed by atoms with Crippen LogP contribution in [0.4, 0.5) is 5.69 Å². The summed E-state index contributed by atoms with van der Waals surface area (Å²) in [5.41, 5.74) is 2.12. The van der Waals surface area contributed by atoms with Crippen LogP contribution in [0.25, 0.3) is 0 Å². The van der Waals surface area contributed by atoms with Crippen molar-refractivity contribution in [1.82, 2.24) is 4.90 Å². The van der Waals surface area contributed by atoms with E-state index in [1.54, 1.807) is 48.2 Å². The fourth-order valence-electron chi connectivity index (χ4n) is 2.55. The van der Waals surface area contributed by atoms with Crippen LogP contribution in [-0.2, 0) is 16.1 Å². The molecule has 2 amide bonds. The third-order valence-corrected chi connectivity index (χ3v) is 3.97. The first kappa shape index (κ1) is 18.7. The van der Waals surface area contributed by atoms with E-state index in [1.165, 1.54) is 0 Å². The number of carbonyl (C=O) groups is 2. The van der Waals surface area contributed by atoms with Gasteiger partial charge in [0.2, 0.25) is 5.91 Å². The summed E-state index contributed by atoms with van der Waals surface area (Å²) in [6.45, 7) is 6.02. The number of aliphatic hydroxyl groups excluding tert-OH is 1. The number of anilines is 1. The number of aliphatic hydroxyl groups is 1. The van der Waals surface area contributed by atoms with Crippen LogP contribution in [-0.4, -0.2) is 27.9 Å². The molecule has 5 heteroatoms. The monoisotopic (exact) mass is 340 g/mol. The van der Waals surface area contributed by atoms with Crippen LogP contribution in [0, 0.1) is 0 Å². The zero-order chi connectivity index (χ0) is 18.4. The maximum Gasteiger partial charge on any atom is 0.257 e. The zero-order valence-corrected chi connectivity index (χ0v) is 14.8. The van der Waals surface area contributed by atoms with Crippen molar-refractivity contribution in [3.63, 3.8) is 0 Å². The summed E-state index contributed by atoms with van der Waals surface area (Å²) in [5.74, 6) is -0.454. The predicted molar refractivity (Wildman–Crippen MR) is 97.8 cm³/mol. The quantitative estimate of drug-likeness (QED) is 0.849. The Balaban J connectivity index is 2.00. The molecule has 2 aromatic rings. The molecule has 2 aromatic carbocycles. The smallest absolute Gasteiger partial charge is 0.257 e. The Morgan fingerprint density at radius 2 is 1.64 bits per heavy atom. The van der Waals surface area contributed by atoms with Gasteiger partial charge in [0.25, 0.3) is 5.91 Å². The van der Waals surface area contributed by atoms with E-state index in [-0.39, 0.29) is 11.9 Å². The first-order valence-corrected chi connectivity index (χ1v) is 8.28. The highest BCUT2D eigenvalue weighted by Crippen LogP contribution is 2.17. The van der Waals surface area contributed by atoms with E-state index in [9.17, 15) is 14.7 Å². The van der Waals surface area contributed by atoms with Crippen molar-refractivity contribution in [2.75, 3.05) is 5.32 Å². The molecule has 2 N–H and O–H groups in total. The van der Waals surface area contributed by atoms with Crippen LogP contribution >= 0.6 is 0 Å². The van der Waals surface area contributed by atoms with Gasteiger partial charge in [0.15, 0.2) is 6.10 Å². The van der Waals surface area contributed by atoms with Crippen molar-refractivity contribution in [2.45, 2.75) is 39.5 Å². The van der Waals surface area contributed by atoms with E-state index in [0.29, 0.717) is 17.8 Å².